The Balaban J connectivity index is 1.37. The molecule has 1 amide bonds. The first-order valence-electron chi connectivity index (χ1n) is 13.7. The Bertz CT molecular complexity index is 1610. The van der Waals surface area contributed by atoms with Gasteiger partial charge in [-0.2, -0.15) is 13.2 Å². The van der Waals surface area contributed by atoms with Crippen LogP contribution in [0.3, 0.4) is 0 Å². The summed E-state index contributed by atoms with van der Waals surface area (Å²) in [5, 5.41) is 2.47. The number of likely N-dealkylation sites (N-methyl/N-ethyl adjacent to an activating group) is 1. The number of aromatic nitrogens is 3. The molecule has 0 radical (unpaired) electrons. The largest absolute Gasteiger partial charge is 0.492 e. The van der Waals surface area contributed by atoms with Gasteiger partial charge >= 0.3 is 6.18 Å². The maximum atomic E-state index is 14.8. The molecular formula is C31H29F4N5O3. The van der Waals surface area contributed by atoms with E-state index in [4.69, 9.17) is 9.47 Å². The molecule has 3 heterocycles. The van der Waals surface area contributed by atoms with Gasteiger partial charge in [-0.3, -0.25) is 4.79 Å². The Kier molecular flexibility index (Phi) is 8.86. The molecule has 1 fully saturated rings. The number of nitrogens with one attached hydrogen (secondary N) is 1. The molecule has 43 heavy (non-hydrogen) atoms. The van der Waals surface area contributed by atoms with Crippen molar-refractivity contribution >= 4 is 11.6 Å². The predicted molar refractivity (Wildman–Crippen MR) is 152 cm³/mol. The number of ether oxygens (including phenoxy) is 2. The molecule has 5 rings (SSSR count). The molecule has 8 nitrogen and oxygen atoms in total. The highest BCUT2D eigenvalue weighted by Gasteiger charge is 2.32. The number of benzene rings is 2. The molecule has 1 aliphatic rings. The van der Waals surface area contributed by atoms with Crippen molar-refractivity contribution < 1.29 is 31.8 Å². The molecule has 224 valence electrons. The maximum absolute atomic E-state index is 14.8. The van der Waals surface area contributed by atoms with Gasteiger partial charge in [-0.15, -0.1) is 0 Å². The minimum absolute atomic E-state index is 0.0211. The normalized spacial score (nSPS) is 15.3. The van der Waals surface area contributed by atoms with E-state index in [-0.39, 0.29) is 41.3 Å². The van der Waals surface area contributed by atoms with Crippen LogP contribution in [0, 0.1) is 5.82 Å². The second kappa shape index (κ2) is 12.7. The third-order valence-corrected chi connectivity index (χ3v) is 7.07. The van der Waals surface area contributed by atoms with Crippen molar-refractivity contribution in [3.8, 4) is 28.6 Å². The molecule has 0 aliphatic carbocycles. The third-order valence-electron chi connectivity index (χ3n) is 7.07. The SMILES string of the molecule is CCc1nccc(-c2cccnc2Oc2cc(C(=O)Nc3cc(OC[C@@H]4CCCN4C)cc(C(F)(F)F)c3)ccc2F)n1. The van der Waals surface area contributed by atoms with Gasteiger partial charge in [0.25, 0.3) is 5.91 Å². The number of hydrogen-bond donors (Lipinski definition) is 1. The van der Waals surface area contributed by atoms with Crippen molar-refractivity contribution in [1.29, 1.82) is 0 Å². The Labute approximate surface area is 245 Å². The zero-order valence-corrected chi connectivity index (χ0v) is 23.5. The van der Waals surface area contributed by atoms with E-state index in [0.717, 1.165) is 43.7 Å². The molecule has 0 unspecified atom stereocenters. The van der Waals surface area contributed by atoms with Gasteiger partial charge < -0.3 is 19.7 Å². The van der Waals surface area contributed by atoms with Crippen molar-refractivity contribution in [2.75, 3.05) is 25.5 Å². The lowest BCUT2D eigenvalue weighted by Crippen LogP contribution is -2.30. The van der Waals surface area contributed by atoms with Gasteiger partial charge in [-0.1, -0.05) is 6.92 Å². The van der Waals surface area contributed by atoms with E-state index in [0.29, 0.717) is 23.5 Å². The number of amides is 1. The molecule has 0 saturated carbocycles. The van der Waals surface area contributed by atoms with Gasteiger partial charge in [0, 0.05) is 42.2 Å². The molecule has 4 aromatic rings. The molecule has 1 aliphatic heterocycles. The van der Waals surface area contributed by atoms with Crippen LogP contribution in [0.15, 0.2) is 67.0 Å². The summed E-state index contributed by atoms with van der Waals surface area (Å²) in [5.41, 5.74) is -0.136. The first-order valence-corrected chi connectivity index (χ1v) is 13.7. The standard InChI is InChI=1S/C31H29F4N5O3/c1-3-28-36-12-10-26(39-28)24-7-4-11-37-30(24)43-27-14-19(8-9-25(27)32)29(41)38-21-15-20(31(33,34)35)16-23(17-21)42-18-22-6-5-13-40(22)2/h4,7-12,14-17,22H,3,5-6,13,18H2,1-2H3,(H,38,41)/t22-/m0/s1. The summed E-state index contributed by atoms with van der Waals surface area (Å²) in [5.74, 6) is -1.20. The third kappa shape index (κ3) is 7.26. The molecule has 0 spiro atoms. The minimum Gasteiger partial charge on any atom is -0.492 e. The molecular weight excluding hydrogens is 566 g/mol. The first kappa shape index (κ1) is 29.9. The summed E-state index contributed by atoms with van der Waals surface area (Å²) in [6.45, 7) is 3.02. The topological polar surface area (TPSA) is 89.5 Å². The number of aryl methyl sites for hydroxylation is 1. The van der Waals surface area contributed by atoms with E-state index in [1.807, 2.05) is 14.0 Å². The van der Waals surface area contributed by atoms with Crippen molar-refractivity contribution in [3.63, 3.8) is 0 Å². The van der Waals surface area contributed by atoms with Crippen molar-refractivity contribution in [2.24, 2.45) is 0 Å². The van der Waals surface area contributed by atoms with Gasteiger partial charge in [0.05, 0.1) is 16.8 Å². The fraction of sp³-hybridized carbons (Fsp3) is 0.290. The van der Waals surface area contributed by atoms with E-state index in [1.54, 1.807) is 24.4 Å². The van der Waals surface area contributed by atoms with E-state index < -0.39 is 23.5 Å². The zero-order chi connectivity index (χ0) is 30.6. The maximum Gasteiger partial charge on any atom is 0.416 e. The van der Waals surface area contributed by atoms with Crippen LogP contribution < -0.4 is 14.8 Å². The number of rotatable bonds is 9. The summed E-state index contributed by atoms with van der Waals surface area (Å²) in [6, 6.07) is 11.6. The van der Waals surface area contributed by atoms with E-state index in [9.17, 15) is 22.4 Å². The Hall–Kier alpha value is -4.58. The lowest BCUT2D eigenvalue weighted by atomic mass is 10.1. The number of likely N-dealkylation sites (tertiary alicyclic amines) is 1. The highest BCUT2D eigenvalue weighted by atomic mass is 19.4. The second-order valence-corrected chi connectivity index (χ2v) is 10.1. The van der Waals surface area contributed by atoms with E-state index in [1.165, 1.54) is 18.3 Å². The molecule has 0 bridgehead atoms. The summed E-state index contributed by atoms with van der Waals surface area (Å²) in [4.78, 5) is 28.1. The fourth-order valence-corrected chi connectivity index (χ4v) is 4.72. The second-order valence-electron chi connectivity index (χ2n) is 10.1. The van der Waals surface area contributed by atoms with Crippen LogP contribution in [0.4, 0.5) is 23.2 Å². The predicted octanol–water partition coefficient (Wildman–Crippen LogP) is 6.78. The zero-order valence-electron chi connectivity index (χ0n) is 23.5. The molecule has 1 saturated heterocycles. The minimum atomic E-state index is -4.66. The Morgan fingerprint density at radius 1 is 1.09 bits per heavy atom. The number of carbonyl (C=O) groups is 1. The first-order chi connectivity index (χ1) is 20.6. The lowest BCUT2D eigenvalue weighted by molar-refractivity contribution is -0.137. The molecule has 2 aromatic heterocycles. The summed E-state index contributed by atoms with van der Waals surface area (Å²) in [6.07, 6.45) is 0.871. The number of alkyl halides is 3. The number of hydrogen-bond acceptors (Lipinski definition) is 7. The van der Waals surface area contributed by atoms with Gasteiger partial charge in [0.1, 0.15) is 18.2 Å². The highest BCUT2D eigenvalue weighted by molar-refractivity contribution is 6.04. The van der Waals surface area contributed by atoms with Crippen molar-refractivity contribution in [2.45, 2.75) is 38.4 Å². The van der Waals surface area contributed by atoms with Crippen LogP contribution in [-0.2, 0) is 12.6 Å². The fourth-order valence-electron chi connectivity index (χ4n) is 4.72. The van der Waals surface area contributed by atoms with Crippen LogP contribution in [-0.4, -0.2) is 52.0 Å². The van der Waals surface area contributed by atoms with Crippen LogP contribution in [0.2, 0.25) is 0 Å². The van der Waals surface area contributed by atoms with E-state index >= 15 is 0 Å². The number of carbonyl (C=O) groups excluding carboxylic acids is 1. The molecule has 12 heteroatoms. The summed E-state index contributed by atoms with van der Waals surface area (Å²) in [7, 11) is 1.94. The molecule has 1 atom stereocenters. The average Bonchev–Trinajstić information content (AvgIpc) is 3.41. The number of halogens is 4. The highest BCUT2D eigenvalue weighted by Crippen LogP contribution is 2.35. The number of pyridine rings is 1. The Morgan fingerprint density at radius 3 is 2.67 bits per heavy atom. The number of nitrogens with zero attached hydrogens (tertiary/aromatic N) is 4. The van der Waals surface area contributed by atoms with Gasteiger partial charge in [-0.25, -0.2) is 19.3 Å². The van der Waals surface area contributed by atoms with Crippen LogP contribution in [0.25, 0.3) is 11.3 Å². The number of anilines is 1. The van der Waals surface area contributed by atoms with Crippen LogP contribution in [0.5, 0.6) is 17.4 Å². The van der Waals surface area contributed by atoms with Crippen LogP contribution >= 0.6 is 0 Å². The van der Waals surface area contributed by atoms with E-state index in [2.05, 4.69) is 25.2 Å². The monoisotopic (exact) mass is 595 g/mol. The quantitative estimate of drug-likeness (QED) is 0.214. The summed E-state index contributed by atoms with van der Waals surface area (Å²) >= 11 is 0. The average molecular weight is 596 g/mol. The lowest BCUT2D eigenvalue weighted by Gasteiger charge is -2.20. The van der Waals surface area contributed by atoms with Crippen molar-refractivity contribution in [3.05, 3.63) is 89.8 Å². The van der Waals surface area contributed by atoms with Crippen molar-refractivity contribution in [1.82, 2.24) is 19.9 Å². The molecule has 1 N–H and O–H groups in total. The molecule has 2 aromatic carbocycles. The summed E-state index contributed by atoms with van der Waals surface area (Å²) < 4.78 is 67.3. The smallest absolute Gasteiger partial charge is 0.416 e. The van der Waals surface area contributed by atoms with Crippen LogP contribution in [0.1, 0.15) is 41.5 Å². The Morgan fingerprint density at radius 2 is 1.93 bits per heavy atom. The van der Waals surface area contributed by atoms with Gasteiger partial charge in [0.15, 0.2) is 11.6 Å². The van der Waals surface area contributed by atoms with Gasteiger partial charge in [-0.05, 0) is 75.0 Å². The van der Waals surface area contributed by atoms with Gasteiger partial charge in [0.2, 0.25) is 5.88 Å².